The lowest BCUT2D eigenvalue weighted by Gasteiger charge is -2.09. The number of nitrogens with one attached hydrogen (secondary N) is 1. The van der Waals surface area contributed by atoms with Crippen molar-refractivity contribution in [3.05, 3.63) is 29.8 Å². The fourth-order valence-corrected chi connectivity index (χ4v) is 2.25. The molecule has 1 aromatic rings. The third-order valence-electron chi connectivity index (χ3n) is 2.43. The van der Waals surface area contributed by atoms with Gasteiger partial charge in [0.1, 0.15) is 5.75 Å². The van der Waals surface area contributed by atoms with E-state index in [0.29, 0.717) is 12.2 Å². The third kappa shape index (κ3) is 6.47. The van der Waals surface area contributed by atoms with Crippen LogP contribution in [0.15, 0.2) is 24.3 Å². The monoisotopic (exact) mass is 283 g/mol. The number of nitrogens with zero attached hydrogens (tertiary/aromatic N) is 1. The van der Waals surface area contributed by atoms with E-state index in [1.54, 1.807) is 24.3 Å². The van der Waals surface area contributed by atoms with Crippen molar-refractivity contribution in [3.63, 3.8) is 0 Å². The Bertz CT molecular complexity index is 382. The minimum atomic E-state index is -0.300. The lowest BCUT2D eigenvalue weighted by Crippen LogP contribution is -2.29. The average molecular weight is 283 g/mol. The van der Waals surface area contributed by atoms with Gasteiger partial charge in [-0.3, -0.25) is 10.2 Å². The number of ether oxygens (including phenoxy) is 1. The SMILES string of the molecule is CN(C)CCSCCOc1ccc(C(=O)NN)cc1. The summed E-state index contributed by atoms with van der Waals surface area (Å²) >= 11 is 1.87. The lowest BCUT2D eigenvalue weighted by molar-refractivity contribution is 0.0953. The second-order valence-electron chi connectivity index (χ2n) is 4.26. The zero-order valence-electron chi connectivity index (χ0n) is 11.4. The van der Waals surface area contributed by atoms with Gasteiger partial charge < -0.3 is 9.64 Å². The molecule has 0 bridgehead atoms. The standard InChI is InChI=1S/C13H21N3O2S/c1-16(2)7-9-19-10-8-18-12-5-3-11(4-6-12)13(17)15-14/h3-6H,7-10,14H2,1-2H3,(H,15,17). The van der Waals surface area contributed by atoms with Crippen molar-refractivity contribution in [2.24, 2.45) is 5.84 Å². The van der Waals surface area contributed by atoms with Gasteiger partial charge in [0.25, 0.3) is 5.91 Å². The molecule has 0 unspecified atom stereocenters. The first kappa shape index (κ1) is 15.8. The van der Waals surface area contributed by atoms with Crippen LogP contribution in [0.4, 0.5) is 0 Å². The number of nitrogen functional groups attached to an aromatic ring is 1. The number of carbonyl (C=O) groups excluding carboxylic acids is 1. The third-order valence-corrected chi connectivity index (χ3v) is 3.35. The van der Waals surface area contributed by atoms with Crippen LogP contribution in [0, 0.1) is 0 Å². The molecule has 0 spiro atoms. The van der Waals surface area contributed by atoms with Crippen molar-refractivity contribution < 1.29 is 9.53 Å². The lowest BCUT2D eigenvalue weighted by atomic mass is 10.2. The van der Waals surface area contributed by atoms with E-state index in [-0.39, 0.29) is 5.91 Å². The Hall–Kier alpha value is -1.24. The van der Waals surface area contributed by atoms with Gasteiger partial charge in [0.05, 0.1) is 6.61 Å². The first-order valence-corrected chi connectivity index (χ1v) is 7.25. The zero-order chi connectivity index (χ0) is 14.1. The molecule has 1 amide bonds. The molecule has 0 fully saturated rings. The molecule has 6 heteroatoms. The summed E-state index contributed by atoms with van der Waals surface area (Å²) in [6.45, 7) is 1.74. The summed E-state index contributed by atoms with van der Waals surface area (Å²) in [6, 6.07) is 6.93. The van der Waals surface area contributed by atoms with E-state index < -0.39 is 0 Å². The quantitative estimate of drug-likeness (QED) is 0.322. The first-order chi connectivity index (χ1) is 9.13. The van der Waals surface area contributed by atoms with Gasteiger partial charge in [0, 0.05) is 23.6 Å². The van der Waals surface area contributed by atoms with E-state index in [1.807, 2.05) is 11.8 Å². The minimum absolute atomic E-state index is 0.300. The molecule has 1 aromatic carbocycles. The summed E-state index contributed by atoms with van der Waals surface area (Å²) in [6.07, 6.45) is 0. The Balaban J connectivity index is 2.21. The van der Waals surface area contributed by atoms with Crippen molar-refractivity contribution in [2.45, 2.75) is 0 Å². The second kappa shape index (κ2) is 8.79. The summed E-state index contributed by atoms with van der Waals surface area (Å²) in [5.41, 5.74) is 2.61. The van der Waals surface area contributed by atoms with E-state index >= 15 is 0 Å². The van der Waals surface area contributed by atoms with E-state index in [0.717, 1.165) is 23.8 Å². The van der Waals surface area contributed by atoms with Gasteiger partial charge >= 0.3 is 0 Å². The molecule has 0 saturated carbocycles. The van der Waals surface area contributed by atoms with Gasteiger partial charge in [-0.2, -0.15) is 11.8 Å². The van der Waals surface area contributed by atoms with Gasteiger partial charge in [0.2, 0.25) is 0 Å². The van der Waals surface area contributed by atoms with E-state index in [1.165, 1.54) is 0 Å². The van der Waals surface area contributed by atoms with Crippen LogP contribution >= 0.6 is 11.8 Å². The van der Waals surface area contributed by atoms with Crippen LogP contribution in [0.1, 0.15) is 10.4 Å². The normalized spacial score (nSPS) is 10.5. The molecule has 0 heterocycles. The highest BCUT2D eigenvalue weighted by Gasteiger charge is 2.02. The molecule has 3 N–H and O–H groups in total. The Morgan fingerprint density at radius 3 is 2.58 bits per heavy atom. The van der Waals surface area contributed by atoms with Crippen molar-refractivity contribution in [1.29, 1.82) is 0 Å². The largest absolute Gasteiger partial charge is 0.493 e. The Kier molecular flexibility index (Phi) is 7.32. The van der Waals surface area contributed by atoms with Gasteiger partial charge in [-0.15, -0.1) is 0 Å². The fourth-order valence-electron chi connectivity index (χ4n) is 1.35. The number of benzene rings is 1. The summed E-state index contributed by atoms with van der Waals surface area (Å²) in [4.78, 5) is 13.4. The molecular weight excluding hydrogens is 262 g/mol. The second-order valence-corrected chi connectivity index (χ2v) is 5.49. The van der Waals surface area contributed by atoms with Crippen LogP contribution in [0.5, 0.6) is 5.75 Å². The number of rotatable bonds is 8. The van der Waals surface area contributed by atoms with Crippen molar-refractivity contribution in [1.82, 2.24) is 10.3 Å². The number of nitrogens with two attached hydrogens (primary N) is 1. The molecule has 0 aromatic heterocycles. The molecule has 0 atom stereocenters. The molecule has 0 aliphatic carbocycles. The van der Waals surface area contributed by atoms with Crippen LogP contribution < -0.4 is 16.0 Å². The summed E-state index contributed by atoms with van der Waals surface area (Å²) < 4.78 is 5.58. The number of hydrazine groups is 1. The Labute approximate surface area is 118 Å². The van der Waals surface area contributed by atoms with Crippen LogP contribution in [0.25, 0.3) is 0 Å². The average Bonchev–Trinajstić information content (AvgIpc) is 2.42. The van der Waals surface area contributed by atoms with E-state index in [2.05, 4.69) is 24.4 Å². The number of hydrogen-bond donors (Lipinski definition) is 2. The predicted octanol–water partition coefficient (Wildman–Crippen LogP) is 0.964. The van der Waals surface area contributed by atoms with Crippen molar-refractivity contribution in [3.8, 4) is 5.75 Å². The summed E-state index contributed by atoms with van der Waals surface area (Å²) in [7, 11) is 4.13. The molecule has 0 aliphatic rings. The van der Waals surface area contributed by atoms with Crippen molar-refractivity contribution in [2.75, 3.05) is 38.8 Å². The topological polar surface area (TPSA) is 67.6 Å². The highest BCUT2D eigenvalue weighted by Crippen LogP contribution is 2.12. The maximum absolute atomic E-state index is 11.2. The molecule has 19 heavy (non-hydrogen) atoms. The van der Waals surface area contributed by atoms with Crippen LogP contribution in [-0.2, 0) is 0 Å². The minimum Gasteiger partial charge on any atom is -0.493 e. The summed E-state index contributed by atoms with van der Waals surface area (Å²) in [5, 5.41) is 0. The molecule has 0 saturated heterocycles. The molecular formula is C13H21N3O2S. The molecule has 0 radical (unpaired) electrons. The molecule has 5 nitrogen and oxygen atoms in total. The molecule has 1 rings (SSSR count). The number of carbonyl (C=O) groups is 1. The van der Waals surface area contributed by atoms with E-state index in [4.69, 9.17) is 10.6 Å². The highest BCUT2D eigenvalue weighted by molar-refractivity contribution is 7.99. The van der Waals surface area contributed by atoms with E-state index in [9.17, 15) is 4.79 Å². The first-order valence-electron chi connectivity index (χ1n) is 6.09. The molecule has 106 valence electrons. The Morgan fingerprint density at radius 2 is 2.00 bits per heavy atom. The van der Waals surface area contributed by atoms with Crippen LogP contribution in [-0.4, -0.2) is 49.6 Å². The maximum atomic E-state index is 11.2. The maximum Gasteiger partial charge on any atom is 0.265 e. The number of amides is 1. The number of hydrogen-bond acceptors (Lipinski definition) is 5. The van der Waals surface area contributed by atoms with Gasteiger partial charge in [0.15, 0.2) is 0 Å². The van der Waals surface area contributed by atoms with Crippen LogP contribution in [0.3, 0.4) is 0 Å². The molecule has 0 aliphatic heterocycles. The summed E-state index contributed by atoms with van der Waals surface area (Å²) in [5.74, 6) is 7.58. The zero-order valence-corrected chi connectivity index (χ0v) is 12.2. The van der Waals surface area contributed by atoms with Gasteiger partial charge in [-0.05, 0) is 38.4 Å². The fraction of sp³-hybridized carbons (Fsp3) is 0.462. The van der Waals surface area contributed by atoms with Gasteiger partial charge in [-0.1, -0.05) is 0 Å². The Morgan fingerprint density at radius 1 is 1.32 bits per heavy atom. The van der Waals surface area contributed by atoms with Gasteiger partial charge in [-0.25, -0.2) is 5.84 Å². The highest BCUT2D eigenvalue weighted by atomic mass is 32.2. The van der Waals surface area contributed by atoms with Crippen LogP contribution in [0.2, 0.25) is 0 Å². The smallest absolute Gasteiger partial charge is 0.265 e. The number of thioether (sulfide) groups is 1. The van der Waals surface area contributed by atoms with Crippen molar-refractivity contribution >= 4 is 17.7 Å². The predicted molar refractivity (Wildman–Crippen MR) is 79.5 cm³/mol.